The number of ketones is 2. The summed E-state index contributed by atoms with van der Waals surface area (Å²) in [5.41, 5.74) is 2.72. The van der Waals surface area contributed by atoms with E-state index in [4.69, 9.17) is 10.5 Å². The van der Waals surface area contributed by atoms with Crippen LogP contribution < -0.4 is 10.5 Å². The number of Topliss-reactive ketones (excluding diaryl/α,β-unsaturated/α-hetero) is 2. The number of aliphatic hydroxyl groups excluding tert-OH is 3. The Morgan fingerprint density at radius 3 is 2.43 bits per heavy atom. The van der Waals surface area contributed by atoms with Gasteiger partial charge in [0.2, 0.25) is 5.78 Å². The van der Waals surface area contributed by atoms with Crippen LogP contribution in [0.3, 0.4) is 0 Å². The van der Waals surface area contributed by atoms with Crippen LogP contribution in [0.4, 0.5) is 0 Å². The van der Waals surface area contributed by atoms with Gasteiger partial charge in [0.05, 0.1) is 30.2 Å². The number of hydrogen-bond donors (Lipinski definition) is 5. The number of hydrogen-bond acceptors (Lipinski definition) is 9. The summed E-state index contributed by atoms with van der Waals surface area (Å²) in [5, 5.41) is 45.8. The van der Waals surface area contributed by atoms with Crippen LogP contribution in [-0.4, -0.2) is 81.2 Å². The Hall–Kier alpha value is -3.21. The van der Waals surface area contributed by atoms with Crippen LogP contribution in [0, 0.1) is 11.8 Å². The van der Waals surface area contributed by atoms with Crippen molar-refractivity contribution in [2.75, 3.05) is 20.7 Å². The average Bonchev–Trinajstić information content (AvgIpc) is 2.80. The van der Waals surface area contributed by atoms with Gasteiger partial charge in [-0.05, 0) is 37.4 Å². The van der Waals surface area contributed by atoms with Gasteiger partial charge in [0.1, 0.15) is 22.8 Å². The van der Waals surface area contributed by atoms with Crippen LogP contribution in [0.25, 0.3) is 0 Å². The van der Waals surface area contributed by atoms with Gasteiger partial charge < -0.3 is 30.9 Å². The molecular weight excluding hydrogens is 480 g/mol. The third-order valence-electron chi connectivity index (χ3n) is 8.81. The van der Waals surface area contributed by atoms with Crippen LogP contribution >= 0.6 is 0 Å². The lowest BCUT2D eigenvalue weighted by Gasteiger charge is -2.53. The van der Waals surface area contributed by atoms with Gasteiger partial charge in [-0.25, -0.2) is 0 Å². The molecule has 1 aromatic rings. The molecule has 5 rings (SSSR count). The van der Waals surface area contributed by atoms with Crippen LogP contribution in [0.1, 0.15) is 54.6 Å². The molecule has 1 aromatic carbocycles. The smallest absolute Gasteiger partial charge is 0.255 e. The number of aliphatic hydroxyl groups is 4. The van der Waals surface area contributed by atoms with E-state index in [1.54, 1.807) is 6.92 Å². The van der Waals surface area contributed by atoms with Gasteiger partial charge in [0, 0.05) is 17.1 Å². The van der Waals surface area contributed by atoms with E-state index in [1.165, 1.54) is 19.0 Å². The molecule has 6 N–H and O–H groups in total. The Labute approximate surface area is 214 Å². The number of amides is 1. The third kappa shape index (κ3) is 3.06. The second-order valence-corrected chi connectivity index (χ2v) is 11.4. The molecule has 3 aliphatic carbocycles. The predicted octanol–water partition coefficient (Wildman–Crippen LogP) is 1.01. The van der Waals surface area contributed by atoms with Crippen LogP contribution in [-0.2, 0) is 15.0 Å². The second-order valence-electron chi connectivity index (χ2n) is 11.4. The number of carbonyl (C=O) groups excluding carboxylic acids is 3. The molecule has 0 spiro atoms. The summed E-state index contributed by atoms with van der Waals surface area (Å²) in [6.45, 7) is 6.26. The number of carbonyl (C=O) groups is 3. The zero-order valence-corrected chi connectivity index (χ0v) is 21.4. The first-order valence-electron chi connectivity index (χ1n) is 12.3. The minimum atomic E-state index is -2.86. The van der Waals surface area contributed by atoms with Crippen molar-refractivity contribution in [3.05, 3.63) is 51.5 Å². The van der Waals surface area contributed by atoms with Gasteiger partial charge in [-0.1, -0.05) is 32.9 Å². The van der Waals surface area contributed by atoms with Crippen molar-refractivity contribution in [1.82, 2.24) is 4.90 Å². The molecule has 0 saturated heterocycles. The van der Waals surface area contributed by atoms with Crippen LogP contribution in [0.15, 0.2) is 34.8 Å². The van der Waals surface area contributed by atoms with Crippen molar-refractivity contribution in [2.45, 2.75) is 56.3 Å². The largest absolute Gasteiger partial charge is 0.510 e. The molecule has 37 heavy (non-hydrogen) atoms. The van der Waals surface area contributed by atoms with Crippen molar-refractivity contribution in [3.8, 4) is 5.75 Å². The highest BCUT2D eigenvalue weighted by molar-refractivity contribution is 6.25. The SMILES string of the molecule is C[C@H]1c2ccc3c(c2C(=O)C2=C(O)[C@]4(O)C(=O)C(C(N)=O)=C(O)[C@@H](N(C)C)[C@@H]4[C@@H](O)[C@@H]21)OCCC3(C)C. The maximum atomic E-state index is 14.1. The van der Waals surface area contributed by atoms with Gasteiger partial charge in [-0.15, -0.1) is 0 Å². The standard InChI is InChI=1S/C27H32N2O8/c1-10-11-6-7-12-22(37-9-8-26(12,2)3)14(11)19(30)15-13(10)20(31)17-18(29(4)5)21(32)16(25(28)35)24(34)27(17,36)23(15)33/h6-7,10,13,17-18,20,31-33,36H,8-9H2,1-5H3,(H2,28,35)/t10-,13+,17+,18-,20-,27-/m0/s1. The van der Waals surface area contributed by atoms with E-state index in [-0.39, 0.29) is 16.6 Å². The van der Waals surface area contributed by atoms with Gasteiger partial charge in [0.25, 0.3) is 5.91 Å². The van der Waals surface area contributed by atoms with Crippen molar-refractivity contribution in [3.63, 3.8) is 0 Å². The summed E-state index contributed by atoms with van der Waals surface area (Å²) in [7, 11) is 3.05. The Bertz CT molecular complexity index is 1330. The van der Waals surface area contributed by atoms with E-state index < -0.39 is 70.1 Å². The molecule has 1 heterocycles. The summed E-state index contributed by atoms with van der Waals surface area (Å²) in [6.07, 6.45) is -0.810. The highest BCUT2D eigenvalue weighted by Crippen LogP contribution is 2.56. The van der Waals surface area contributed by atoms with E-state index in [0.717, 1.165) is 12.0 Å². The first-order chi connectivity index (χ1) is 17.2. The molecule has 10 heteroatoms. The molecule has 1 aliphatic heterocycles. The first-order valence-corrected chi connectivity index (χ1v) is 12.3. The van der Waals surface area contributed by atoms with Crippen molar-refractivity contribution < 1.29 is 39.5 Å². The monoisotopic (exact) mass is 512 g/mol. The highest BCUT2D eigenvalue weighted by Gasteiger charge is 2.67. The van der Waals surface area contributed by atoms with E-state index in [2.05, 4.69) is 0 Å². The number of primary amides is 1. The summed E-state index contributed by atoms with van der Waals surface area (Å²) in [6, 6.07) is 2.49. The lowest BCUT2D eigenvalue weighted by atomic mass is 9.55. The Morgan fingerprint density at radius 2 is 1.84 bits per heavy atom. The maximum Gasteiger partial charge on any atom is 0.255 e. The Morgan fingerprint density at radius 1 is 1.19 bits per heavy atom. The number of nitrogens with two attached hydrogens (primary N) is 1. The molecule has 0 fully saturated rings. The molecule has 198 valence electrons. The first kappa shape index (κ1) is 25.4. The lowest BCUT2D eigenvalue weighted by Crippen LogP contribution is -2.68. The molecule has 0 bridgehead atoms. The minimum absolute atomic E-state index is 0.228. The quantitative estimate of drug-likeness (QED) is 0.363. The Balaban J connectivity index is 1.80. The van der Waals surface area contributed by atoms with Gasteiger partial charge in [-0.3, -0.25) is 19.3 Å². The zero-order valence-electron chi connectivity index (χ0n) is 21.4. The van der Waals surface area contributed by atoms with Crippen LogP contribution in [0.5, 0.6) is 5.75 Å². The molecule has 0 unspecified atom stereocenters. The van der Waals surface area contributed by atoms with E-state index in [9.17, 15) is 34.8 Å². The highest BCUT2D eigenvalue weighted by atomic mass is 16.5. The maximum absolute atomic E-state index is 14.1. The number of likely N-dealkylation sites (N-methyl/N-ethyl adjacent to an activating group) is 1. The lowest BCUT2D eigenvalue weighted by molar-refractivity contribution is -0.162. The third-order valence-corrected chi connectivity index (χ3v) is 8.81. The number of ether oxygens (including phenoxy) is 1. The molecular formula is C27H32N2O8. The fourth-order valence-electron chi connectivity index (χ4n) is 6.84. The minimum Gasteiger partial charge on any atom is -0.510 e. The van der Waals surface area contributed by atoms with Crippen molar-refractivity contribution >= 4 is 17.5 Å². The average molecular weight is 513 g/mol. The summed E-state index contributed by atoms with van der Waals surface area (Å²) >= 11 is 0. The molecule has 0 saturated carbocycles. The van der Waals surface area contributed by atoms with E-state index >= 15 is 0 Å². The van der Waals surface area contributed by atoms with Crippen LogP contribution in [0.2, 0.25) is 0 Å². The zero-order chi connectivity index (χ0) is 27.4. The van der Waals surface area contributed by atoms with E-state index in [0.29, 0.717) is 17.9 Å². The number of rotatable bonds is 2. The topological polar surface area (TPSA) is 171 Å². The molecule has 10 nitrogen and oxygen atoms in total. The number of benzene rings is 1. The molecule has 4 aliphatic rings. The molecule has 0 aromatic heterocycles. The number of nitrogens with zero attached hydrogens (tertiary/aromatic N) is 1. The van der Waals surface area contributed by atoms with Gasteiger partial charge in [-0.2, -0.15) is 0 Å². The predicted molar refractivity (Wildman–Crippen MR) is 131 cm³/mol. The Kier molecular flexibility index (Phi) is 5.43. The molecule has 0 radical (unpaired) electrons. The fourth-order valence-corrected chi connectivity index (χ4v) is 6.84. The summed E-state index contributed by atoms with van der Waals surface area (Å²) in [5.74, 6) is -7.58. The van der Waals surface area contributed by atoms with Gasteiger partial charge in [0.15, 0.2) is 11.4 Å². The van der Waals surface area contributed by atoms with Gasteiger partial charge >= 0.3 is 0 Å². The van der Waals surface area contributed by atoms with Crippen molar-refractivity contribution in [2.24, 2.45) is 17.6 Å². The molecule has 6 atom stereocenters. The normalized spacial score (nSPS) is 34.4. The molecule has 1 amide bonds. The second kappa shape index (κ2) is 7.89. The van der Waals surface area contributed by atoms with Crippen molar-refractivity contribution in [1.29, 1.82) is 0 Å². The fraction of sp³-hybridized carbons (Fsp3) is 0.519. The number of fused-ring (bicyclic) bond motifs is 5. The van der Waals surface area contributed by atoms with E-state index in [1.807, 2.05) is 26.0 Å². The summed E-state index contributed by atoms with van der Waals surface area (Å²) < 4.78 is 5.96. The summed E-state index contributed by atoms with van der Waals surface area (Å²) in [4.78, 5) is 41.1.